The molecule has 1 amide bonds. The molecular formula is C19H23ClN2O3. The molecule has 2 N–H and O–H groups in total. The number of nitrogens with one attached hydrogen (secondary N) is 2. The van der Waals surface area contributed by atoms with Gasteiger partial charge in [0.25, 0.3) is 0 Å². The second-order valence-corrected chi connectivity index (χ2v) is 6.00. The summed E-state index contributed by atoms with van der Waals surface area (Å²) in [5.74, 6) is 0.906. The monoisotopic (exact) mass is 362 g/mol. The van der Waals surface area contributed by atoms with Crippen LogP contribution >= 0.6 is 11.6 Å². The Kier molecular flexibility index (Phi) is 6.53. The van der Waals surface area contributed by atoms with Crippen molar-refractivity contribution in [2.75, 3.05) is 24.9 Å². The average molecular weight is 363 g/mol. The maximum absolute atomic E-state index is 12.4. The van der Waals surface area contributed by atoms with Gasteiger partial charge in [-0.25, -0.2) is 0 Å². The van der Waals surface area contributed by atoms with E-state index in [4.69, 9.17) is 21.1 Å². The summed E-state index contributed by atoms with van der Waals surface area (Å²) in [7, 11) is 3.08. The van der Waals surface area contributed by atoms with Crippen LogP contribution in [0.1, 0.15) is 19.4 Å². The summed E-state index contributed by atoms with van der Waals surface area (Å²) >= 11 is 6.16. The Bertz CT molecular complexity index is 732. The van der Waals surface area contributed by atoms with Crippen LogP contribution in [0.3, 0.4) is 0 Å². The number of hydrogen-bond donors (Lipinski definition) is 2. The van der Waals surface area contributed by atoms with Gasteiger partial charge in [-0.15, -0.1) is 0 Å². The Balaban J connectivity index is 2.08. The molecule has 6 heteroatoms. The molecule has 2 rings (SSSR count). The predicted octanol–water partition coefficient (Wildman–Crippen LogP) is 4.36. The molecular weight excluding hydrogens is 340 g/mol. The highest BCUT2D eigenvalue weighted by Gasteiger charge is 2.17. The highest BCUT2D eigenvalue weighted by Crippen LogP contribution is 2.36. The van der Waals surface area contributed by atoms with Crippen LogP contribution in [0.25, 0.3) is 0 Å². The molecule has 134 valence electrons. The third-order valence-electron chi connectivity index (χ3n) is 3.87. The summed E-state index contributed by atoms with van der Waals surface area (Å²) in [4.78, 5) is 12.4. The minimum atomic E-state index is -0.482. The minimum absolute atomic E-state index is 0.154. The van der Waals surface area contributed by atoms with Crippen molar-refractivity contribution in [3.63, 3.8) is 0 Å². The van der Waals surface area contributed by atoms with Crippen LogP contribution in [-0.4, -0.2) is 26.2 Å². The molecule has 0 unspecified atom stereocenters. The molecule has 0 saturated heterocycles. The van der Waals surface area contributed by atoms with E-state index in [-0.39, 0.29) is 5.91 Å². The Morgan fingerprint density at radius 1 is 1.12 bits per heavy atom. The number of benzene rings is 2. The van der Waals surface area contributed by atoms with Crippen LogP contribution in [0, 0.1) is 0 Å². The maximum Gasteiger partial charge on any atom is 0.246 e. The summed E-state index contributed by atoms with van der Waals surface area (Å²) in [5, 5.41) is 6.45. The van der Waals surface area contributed by atoms with Crippen molar-refractivity contribution in [1.29, 1.82) is 0 Å². The maximum atomic E-state index is 12.4. The molecule has 1 atom stereocenters. The lowest BCUT2D eigenvalue weighted by molar-refractivity contribution is -0.116. The molecule has 0 radical (unpaired) electrons. The van der Waals surface area contributed by atoms with E-state index in [1.807, 2.05) is 24.3 Å². The molecule has 0 aliphatic heterocycles. The van der Waals surface area contributed by atoms with Crippen LogP contribution in [0.5, 0.6) is 11.5 Å². The fourth-order valence-corrected chi connectivity index (χ4v) is 2.59. The summed E-state index contributed by atoms with van der Waals surface area (Å²) in [6, 6.07) is 10.7. The quantitative estimate of drug-likeness (QED) is 0.768. The topological polar surface area (TPSA) is 59.6 Å². The fraction of sp³-hybridized carbons (Fsp3) is 0.316. The van der Waals surface area contributed by atoms with Crippen molar-refractivity contribution in [1.82, 2.24) is 0 Å². The Morgan fingerprint density at radius 3 is 2.32 bits per heavy atom. The zero-order chi connectivity index (χ0) is 18.4. The van der Waals surface area contributed by atoms with Crippen LogP contribution in [-0.2, 0) is 11.2 Å². The molecule has 2 aromatic rings. The number of halogens is 1. The molecule has 0 saturated carbocycles. The fourth-order valence-electron chi connectivity index (χ4n) is 2.35. The third kappa shape index (κ3) is 4.79. The molecule has 0 aromatic heterocycles. The Labute approximate surface area is 153 Å². The van der Waals surface area contributed by atoms with Gasteiger partial charge in [0.1, 0.15) is 17.5 Å². The Morgan fingerprint density at radius 2 is 1.76 bits per heavy atom. The average Bonchev–Trinajstić information content (AvgIpc) is 2.62. The summed E-state index contributed by atoms with van der Waals surface area (Å²) in [6.45, 7) is 3.86. The molecule has 0 aliphatic carbocycles. The van der Waals surface area contributed by atoms with Crippen molar-refractivity contribution in [2.24, 2.45) is 0 Å². The largest absolute Gasteiger partial charge is 0.495 e. The van der Waals surface area contributed by atoms with E-state index in [9.17, 15) is 4.79 Å². The van der Waals surface area contributed by atoms with Crippen molar-refractivity contribution in [3.8, 4) is 11.5 Å². The first-order valence-corrected chi connectivity index (χ1v) is 8.44. The highest BCUT2D eigenvalue weighted by molar-refractivity contribution is 6.32. The zero-order valence-corrected chi connectivity index (χ0v) is 15.6. The second-order valence-electron chi connectivity index (χ2n) is 5.59. The number of aryl methyl sites for hydroxylation is 1. The van der Waals surface area contributed by atoms with E-state index in [1.165, 1.54) is 12.7 Å². The third-order valence-corrected chi connectivity index (χ3v) is 4.16. The normalized spacial score (nSPS) is 11.6. The summed E-state index contributed by atoms with van der Waals surface area (Å²) in [5.41, 5.74) is 2.61. The standard InChI is InChI=1S/C19H23ClN2O3/c1-5-13-6-8-14(9-7-13)22-19(23)12(2)21-16-10-15(20)17(24-3)11-18(16)25-4/h6-12,21H,5H2,1-4H3,(H,22,23)/t12-/m1/s1. The van der Waals surface area contributed by atoms with Crippen LogP contribution in [0.4, 0.5) is 11.4 Å². The van der Waals surface area contributed by atoms with Crippen molar-refractivity contribution in [3.05, 3.63) is 47.0 Å². The first-order chi connectivity index (χ1) is 12.0. The number of hydrogen-bond acceptors (Lipinski definition) is 4. The number of carbonyl (C=O) groups excluding carboxylic acids is 1. The lowest BCUT2D eigenvalue weighted by Crippen LogP contribution is -2.32. The Hall–Kier alpha value is -2.40. The van der Waals surface area contributed by atoms with Crippen LogP contribution < -0.4 is 20.1 Å². The highest BCUT2D eigenvalue weighted by atomic mass is 35.5. The lowest BCUT2D eigenvalue weighted by Gasteiger charge is -2.18. The van der Waals surface area contributed by atoms with Gasteiger partial charge in [0.05, 0.1) is 24.9 Å². The first kappa shape index (κ1) is 18.9. The predicted molar refractivity (Wildman–Crippen MR) is 102 cm³/mol. The zero-order valence-electron chi connectivity index (χ0n) is 14.9. The van der Waals surface area contributed by atoms with Gasteiger partial charge in [-0.3, -0.25) is 4.79 Å². The van der Waals surface area contributed by atoms with E-state index in [0.29, 0.717) is 22.2 Å². The van der Waals surface area contributed by atoms with E-state index < -0.39 is 6.04 Å². The van der Waals surface area contributed by atoms with Crippen molar-refractivity contribution in [2.45, 2.75) is 26.3 Å². The van der Waals surface area contributed by atoms with Gasteiger partial charge < -0.3 is 20.1 Å². The van der Waals surface area contributed by atoms with Gasteiger partial charge in [-0.1, -0.05) is 30.7 Å². The molecule has 5 nitrogen and oxygen atoms in total. The molecule has 0 aliphatic rings. The SMILES string of the molecule is CCc1ccc(NC(=O)[C@@H](C)Nc2cc(Cl)c(OC)cc2OC)cc1. The van der Waals surface area contributed by atoms with Crippen LogP contribution in [0.15, 0.2) is 36.4 Å². The van der Waals surface area contributed by atoms with Gasteiger partial charge in [0.2, 0.25) is 5.91 Å². The molecule has 25 heavy (non-hydrogen) atoms. The molecule has 0 heterocycles. The number of amides is 1. The van der Waals surface area contributed by atoms with Gasteiger partial charge in [-0.2, -0.15) is 0 Å². The van der Waals surface area contributed by atoms with Crippen molar-refractivity contribution >= 4 is 28.9 Å². The number of methoxy groups -OCH3 is 2. The van der Waals surface area contributed by atoms with Gasteiger partial charge in [-0.05, 0) is 37.1 Å². The van der Waals surface area contributed by atoms with Gasteiger partial charge in [0.15, 0.2) is 0 Å². The molecule has 0 spiro atoms. The van der Waals surface area contributed by atoms with E-state index in [1.54, 1.807) is 26.2 Å². The second kappa shape index (κ2) is 8.62. The van der Waals surface area contributed by atoms with Crippen LogP contribution in [0.2, 0.25) is 5.02 Å². The van der Waals surface area contributed by atoms with E-state index >= 15 is 0 Å². The smallest absolute Gasteiger partial charge is 0.246 e. The van der Waals surface area contributed by atoms with E-state index in [0.717, 1.165) is 12.1 Å². The number of ether oxygens (including phenoxy) is 2. The first-order valence-electron chi connectivity index (χ1n) is 8.06. The van der Waals surface area contributed by atoms with E-state index in [2.05, 4.69) is 17.6 Å². The summed E-state index contributed by atoms with van der Waals surface area (Å²) < 4.78 is 10.5. The molecule has 0 bridgehead atoms. The van der Waals surface area contributed by atoms with Crippen molar-refractivity contribution < 1.29 is 14.3 Å². The van der Waals surface area contributed by atoms with Gasteiger partial charge >= 0.3 is 0 Å². The minimum Gasteiger partial charge on any atom is -0.495 e. The molecule has 0 fully saturated rings. The number of carbonyl (C=O) groups is 1. The summed E-state index contributed by atoms with van der Waals surface area (Å²) in [6.07, 6.45) is 0.963. The lowest BCUT2D eigenvalue weighted by atomic mass is 10.1. The molecule has 2 aromatic carbocycles. The number of rotatable bonds is 7. The van der Waals surface area contributed by atoms with Gasteiger partial charge in [0, 0.05) is 11.8 Å². The number of anilines is 2.